The van der Waals surface area contributed by atoms with Gasteiger partial charge in [0.2, 0.25) is 0 Å². The van der Waals surface area contributed by atoms with Crippen LogP contribution >= 0.6 is 24.0 Å². The Kier molecular flexibility index (Phi) is 6.04. The summed E-state index contributed by atoms with van der Waals surface area (Å²) < 4.78 is 18.5. The van der Waals surface area contributed by atoms with Gasteiger partial charge in [0, 0.05) is 11.1 Å². The fourth-order valence-corrected chi connectivity index (χ4v) is 2.61. The number of nitrogens with two attached hydrogens (primary N) is 1. The summed E-state index contributed by atoms with van der Waals surface area (Å²) in [5, 5.41) is 3.05. The second-order valence-electron chi connectivity index (χ2n) is 5.85. The monoisotopic (exact) mass is 441 g/mol. The molecule has 1 saturated carbocycles. The average Bonchev–Trinajstić information content (AvgIpc) is 3.35. The molecule has 2 aromatic rings. The van der Waals surface area contributed by atoms with E-state index in [1.165, 1.54) is 6.07 Å². The molecule has 6 heteroatoms. The number of ether oxygens (including phenoxy) is 1. The first-order chi connectivity index (χ1) is 11.1. The topological polar surface area (TPSA) is 59.6 Å². The van der Waals surface area contributed by atoms with Gasteiger partial charge in [0.25, 0.3) is 0 Å². The molecular weight excluding hydrogens is 420 g/mol. The number of guanidine groups is 1. The fraction of sp³-hybridized carbons (Fsp3) is 0.278. The summed E-state index contributed by atoms with van der Waals surface area (Å²) in [6, 6.07) is 14.2. The molecule has 3 rings (SSSR count). The van der Waals surface area contributed by atoms with Gasteiger partial charge in [-0.3, -0.25) is 4.99 Å². The summed E-state index contributed by atoms with van der Waals surface area (Å²) in [6.45, 7) is 0.561. The fourth-order valence-electron chi connectivity index (χ4n) is 2.61. The quantitative estimate of drug-likeness (QED) is 0.420. The lowest BCUT2D eigenvalue weighted by Crippen LogP contribution is -2.25. The summed E-state index contributed by atoms with van der Waals surface area (Å²) in [4.78, 5) is 4.43. The van der Waals surface area contributed by atoms with Crippen molar-refractivity contribution in [3.05, 3.63) is 59.9 Å². The Bertz CT molecular complexity index is 714. The highest BCUT2D eigenvalue weighted by atomic mass is 127. The number of hydrogen-bond donors (Lipinski definition) is 2. The molecular formula is C18H21FIN3O. The number of benzene rings is 2. The zero-order valence-corrected chi connectivity index (χ0v) is 15.8. The lowest BCUT2D eigenvalue weighted by molar-refractivity contribution is 0.415. The lowest BCUT2D eigenvalue weighted by atomic mass is 9.96. The first-order valence-corrected chi connectivity index (χ1v) is 7.58. The maximum atomic E-state index is 13.4. The zero-order valence-electron chi connectivity index (χ0n) is 13.5. The zero-order chi connectivity index (χ0) is 16.3. The van der Waals surface area contributed by atoms with Crippen molar-refractivity contribution in [1.82, 2.24) is 0 Å². The highest BCUT2D eigenvalue weighted by Crippen LogP contribution is 2.48. The standard InChI is InChI=1S/C18H20FN3O.HI/c1-23-16-7-5-15(6-8-16)22-17(20)21-12-18(9-10-18)13-3-2-4-14(19)11-13;/h2-8,11H,9-10,12H2,1H3,(H3,20,21,22);1H. The van der Waals surface area contributed by atoms with Gasteiger partial charge in [-0.1, -0.05) is 12.1 Å². The minimum atomic E-state index is -0.206. The van der Waals surface area contributed by atoms with Crippen LogP contribution in [0.25, 0.3) is 0 Å². The van der Waals surface area contributed by atoms with Gasteiger partial charge in [-0.05, 0) is 54.8 Å². The van der Waals surface area contributed by atoms with E-state index in [9.17, 15) is 4.39 Å². The van der Waals surface area contributed by atoms with Crippen molar-refractivity contribution in [3.63, 3.8) is 0 Å². The number of rotatable bonds is 5. The van der Waals surface area contributed by atoms with Crippen molar-refractivity contribution in [1.29, 1.82) is 0 Å². The molecule has 1 aliphatic carbocycles. The summed E-state index contributed by atoms with van der Waals surface area (Å²) in [5.41, 5.74) is 7.74. The highest BCUT2D eigenvalue weighted by molar-refractivity contribution is 14.0. The Morgan fingerprint density at radius 3 is 2.54 bits per heavy atom. The van der Waals surface area contributed by atoms with Crippen molar-refractivity contribution < 1.29 is 9.13 Å². The number of hydrogen-bond acceptors (Lipinski definition) is 2. The van der Waals surface area contributed by atoms with E-state index in [1.54, 1.807) is 19.2 Å². The lowest BCUT2D eigenvalue weighted by Gasteiger charge is -2.14. The van der Waals surface area contributed by atoms with Crippen molar-refractivity contribution in [3.8, 4) is 5.75 Å². The van der Waals surface area contributed by atoms with Crippen molar-refractivity contribution in [2.75, 3.05) is 19.0 Å². The summed E-state index contributed by atoms with van der Waals surface area (Å²) in [6.07, 6.45) is 2.02. The third-order valence-corrected chi connectivity index (χ3v) is 4.21. The summed E-state index contributed by atoms with van der Waals surface area (Å²) >= 11 is 0. The second-order valence-corrected chi connectivity index (χ2v) is 5.85. The van der Waals surface area contributed by atoms with Crippen molar-refractivity contribution >= 4 is 35.6 Å². The molecule has 0 aliphatic heterocycles. The van der Waals surface area contributed by atoms with E-state index in [0.29, 0.717) is 12.5 Å². The maximum absolute atomic E-state index is 13.4. The molecule has 0 aromatic heterocycles. The van der Waals surface area contributed by atoms with Crippen LogP contribution in [0.15, 0.2) is 53.5 Å². The van der Waals surface area contributed by atoms with Crippen LogP contribution in [0.4, 0.5) is 10.1 Å². The molecule has 0 heterocycles. The third-order valence-electron chi connectivity index (χ3n) is 4.21. The van der Waals surface area contributed by atoms with Crippen LogP contribution in [0.5, 0.6) is 5.75 Å². The third kappa shape index (κ3) is 4.37. The smallest absolute Gasteiger partial charge is 0.193 e. The number of halogens is 2. The predicted octanol–water partition coefficient (Wildman–Crippen LogP) is 3.91. The minimum absolute atomic E-state index is 0. The molecule has 128 valence electrons. The first-order valence-electron chi connectivity index (χ1n) is 7.58. The number of anilines is 1. The van der Waals surface area contributed by atoms with Crippen LogP contribution < -0.4 is 15.8 Å². The molecule has 0 saturated heterocycles. The average molecular weight is 441 g/mol. The van der Waals surface area contributed by atoms with E-state index in [0.717, 1.165) is 29.8 Å². The Hall–Kier alpha value is -1.83. The van der Waals surface area contributed by atoms with Gasteiger partial charge in [0.15, 0.2) is 5.96 Å². The van der Waals surface area contributed by atoms with E-state index in [4.69, 9.17) is 10.5 Å². The van der Waals surface area contributed by atoms with Gasteiger partial charge in [-0.25, -0.2) is 4.39 Å². The Balaban J connectivity index is 0.00000208. The van der Waals surface area contributed by atoms with E-state index >= 15 is 0 Å². The number of nitrogens with zero attached hydrogens (tertiary/aromatic N) is 1. The van der Waals surface area contributed by atoms with Gasteiger partial charge in [-0.15, -0.1) is 24.0 Å². The van der Waals surface area contributed by atoms with E-state index in [-0.39, 0.29) is 35.2 Å². The molecule has 1 fully saturated rings. The van der Waals surface area contributed by atoms with Crippen LogP contribution in [-0.4, -0.2) is 19.6 Å². The predicted molar refractivity (Wildman–Crippen MR) is 106 cm³/mol. The molecule has 0 atom stereocenters. The first kappa shape index (κ1) is 18.5. The molecule has 0 spiro atoms. The van der Waals surface area contributed by atoms with E-state index in [1.807, 2.05) is 30.3 Å². The number of nitrogens with one attached hydrogen (secondary N) is 1. The van der Waals surface area contributed by atoms with Crippen molar-refractivity contribution in [2.45, 2.75) is 18.3 Å². The van der Waals surface area contributed by atoms with Crippen LogP contribution in [0.2, 0.25) is 0 Å². The largest absolute Gasteiger partial charge is 0.497 e. The second kappa shape index (κ2) is 7.83. The van der Waals surface area contributed by atoms with E-state index < -0.39 is 0 Å². The van der Waals surface area contributed by atoms with E-state index in [2.05, 4.69) is 10.3 Å². The Labute approximate surface area is 158 Å². The van der Waals surface area contributed by atoms with Crippen molar-refractivity contribution in [2.24, 2.45) is 10.7 Å². The number of methoxy groups -OCH3 is 1. The molecule has 2 aromatic carbocycles. The normalized spacial score (nSPS) is 15.3. The van der Waals surface area contributed by atoms with Crippen LogP contribution in [0.1, 0.15) is 18.4 Å². The minimum Gasteiger partial charge on any atom is -0.497 e. The van der Waals surface area contributed by atoms with Gasteiger partial charge < -0.3 is 15.8 Å². The van der Waals surface area contributed by atoms with Gasteiger partial charge >= 0.3 is 0 Å². The Morgan fingerprint density at radius 1 is 1.25 bits per heavy atom. The van der Waals surface area contributed by atoms with Crippen LogP contribution in [0.3, 0.4) is 0 Å². The van der Waals surface area contributed by atoms with Gasteiger partial charge in [-0.2, -0.15) is 0 Å². The van der Waals surface area contributed by atoms with Crippen LogP contribution in [0, 0.1) is 5.82 Å². The Morgan fingerprint density at radius 2 is 1.96 bits per heavy atom. The van der Waals surface area contributed by atoms with Crippen LogP contribution in [-0.2, 0) is 5.41 Å². The van der Waals surface area contributed by atoms with Gasteiger partial charge in [0.05, 0.1) is 13.7 Å². The summed E-state index contributed by atoms with van der Waals surface area (Å²) in [5.74, 6) is 0.939. The summed E-state index contributed by atoms with van der Waals surface area (Å²) in [7, 11) is 1.62. The molecule has 24 heavy (non-hydrogen) atoms. The molecule has 0 radical (unpaired) electrons. The molecule has 4 nitrogen and oxygen atoms in total. The highest BCUT2D eigenvalue weighted by Gasteiger charge is 2.44. The number of aliphatic imine (C=N–C) groups is 1. The van der Waals surface area contributed by atoms with Gasteiger partial charge in [0.1, 0.15) is 11.6 Å². The molecule has 0 unspecified atom stereocenters. The molecule has 0 amide bonds. The molecule has 0 bridgehead atoms. The SMILES string of the molecule is COc1ccc(NC(N)=NCC2(c3cccc(F)c3)CC2)cc1.I. The maximum Gasteiger partial charge on any atom is 0.193 e. The molecule has 1 aliphatic rings. The molecule has 3 N–H and O–H groups in total.